The average Bonchev–Trinajstić information content (AvgIpc) is 2.94. The molecule has 8 heteroatoms. The van der Waals surface area contributed by atoms with Gasteiger partial charge in [-0.3, -0.25) is 9.89 Å². The summed E-state index contributed by atoms with van der Waals surface area (Å²) in [4.78, 5) is 14.6. The van der Waals surface area contributed by atoms with E-state index in [1.807, 2.05) is 18.7 Å². The molecule has 128 valence electrons. The lowest BCUT2D eigenvalue weighted by Crippen LogP contribution is -2.44. The van der Waals surface area contributed by atoms with Gasteiger partial charge in [0.25, 0.3) is 5.91 Å². The van der Waals surface area contributed by atoms with Crippen molar-refractivity contribution in [2.75, 3.05) is 20.2 Å². The maximum absolute atomic E-state index is 12.7. The monoisotopic (exact) mass is 331 g/mol. The Kier molecular flexibility index (Phi) is 4.64. The third-order valence-corrected chi connectivity index (χ3v) is 4.12. The number of likely N-dealkylation sites (tertiary alicyclic amines) is 1. The number of methoxy groups -OCH3 is 1. The van der Waals surface area contributed by atoms with E-state index in [0.29, 0.717) is 23.9 Å². The van der Waals surface area contributed by atoms with Crippen molar-refractivity contribution in [2.24, 2.45) is 0 Å². The highest BCUT2D eigenvalue weighted by Gasteiger charge is 2.28. The number of aryl methyl sites for hydroxylation is 2. The summed E-state index contributed by atoms with van der Waals surface area (Å²) < 4.78 is 10.8. The van der Waals surface area contributed by atoms with Crippen molar-refractivity contribution in [1.82, 2.24) is 25.3 Å². The van der Waals surface area contributed by atoms with Crippen LogP contribution in [0, 0.1) is 13.8 Å². The predicted molar refractivity (Wildman–Crippen MR) is 86.2 cm³/mol. The number of nitrogens with zero attached hydrogens (tertiary/aromatic N) is 4. The Bertz CT molecular complexity index is 694. The number of piperidine rings is 1. The van der Waals surface area contributed by atoms with E-state index in [2.05, 4.69) is 20.4 Å². The number of H-pyrrole nitrogens is 1. The van der Waals surface area contributed by atoms with Crippen LogP contribution in [0.3, 0.4) is 0 Å². The van der Waals surface area contributed by atoms with E-state index in [1.165, 1.54) is 7.11 Å². The molecule has 3 heterocycles. The molecule has 1 amide bonds. The molecule has 2 aromatic rings. The van der Waals surface area contributed by atoms with Crippen molar-refractivity contribution in [3.05, 3.63) is 29.1 Å². The molecular formula is C16H21N5O3. The van der Waals surface area contributed by atoms with Gasteiger partial charge in [0, 0.05) is 24.4 Å². The van der Waals surface area contributed by atoms with Gasteiger partial charge >= 0.3 is 0 Å². The van der Waals surface area contributed by atoms with E-state index in [1.54, 1.807) is 12.1 Å². The molecule has 1 aliphatic heterocycles. The van der Waals surface area contributed by atoms with Gasteiger partial charge in [0.15, 0.2) is 0 Å². The zero-order valence-electron chi connectivity index (χ0n) is 14.1. The molecule has 0 bridgehead atoms. The van der Waals surface area contributed by atoms with Crippen molar-refractivity contribution in [3.8, 4) is 11.8 Å². The quantitative estimate of drug-likeness (QED) is 0.913. The maximum Gasteiger partial charge on any atom is 0.257 e. The van der Waals surface area contributed by atoms with E-state index >= 15 is 0 Å². The SMILES string of the molecule is COc1ccc(OC2CCCN(C(=O)c3c(C)n[nH]c3C)C2)nn1. The second-order valence-corrected chi connectivity index (χ2v) is 5.86. The van der Waals surface area contributed by atoms with Crippen molar-refractivity contribution in [2.45, 2.75) is 32.8 Å². The minimum atomic E-state index is -0.0992. The first-order valence-electron chi connectivity index (χ1n) is 7.93. The van der Waals surface area contributed by atoms with Gasteiger partial charge in [-0.05, 0) is 26.7 Å². The van der Waals surface area contributed by atoms with Gasteiger partial charge in [-0.2, -0.15) is 5.10 Å². The van der Waals surface area contributed by atoms with E-state index in [0.717, 1.165) is 30.8 Å². The minimum absolute atomic E-state index is 0.00661. The molecular weight excluding hydrogens is 310 g/mol. The Hall–Kier alpha value is -2.64. The van der Waals surface area contributed by atoms with Crippen molar-refractivity contribution in [1.29, 1.82) is 0 Å². The van der Waals surface area contributed by atoms with Gasteiger partial charge < -0.3 is 14.4 Å². The number of carbonyl (C=O) groups excluding carboxylic acids is 1. The van der Waals surface area contributed by atoms with Crippen molar-refractivity contribution in [3.63, 3.8) is 0 Å². The highest BCUT2D eigenvalue weighted by Crippen LogP contribution is 2.20. The topological polar surface area (TPSA) is 93.2 Å². The minimum Gasteiger partial charge on any atom is -0.480 e. The van der Waals surface area contributed by atoms with Crippen LogP contribution in [0.25, 0.3) is 0 Å². The van der Waals surface area contributed by atoms with E-state index < -0.39 is 0 Å². The van der Waals surface area contributed by atoms with E-state index in [9.17, 15) is 4.79 Å². The van der Waals surface area contributed by atoms with Crippen LogP contribution < -0.4 is 9.47 Å². The molecule has 3 rings (SSSR count). The van der Waals surface area contributed by atoms with Crippen LogP contribution in [-0.4, -0.2) is 57.5 Å². The molecule has 1 saturated heterocycles. The third kappa shape index (κ3) is 3.32. The van der Waals surface area contributed by atoms with Gasteiger partial charge in [-0.1, -0.05) is 0 Å². The lowest BCUT2D eigenvalue weighted by Gasteiger charge is -2.32. The number of carbonyl (C=O) groups is 1. The van der Waals surface area contributed by atoms with Gasteiger partial charge in [-0.15, -0.1) is 10.2 Å². The normalized spacial score (nSPS) is 17.6. The number of hydrogen-bond acceptors (Lipinski definition) is 6. The number of aromatic nitrogens is 4. The van der Waals surface area contributed by atoms with Gasteiger partial charge in [-0.25, -0.2) is 0 Å². The molecule has 1 atom stereocenters. The Balaban J connectivity index is 1.66. The smallest absolute Gasteiger partial charge is 0.257 e. The highest BCUT2D eigenvalue weighted by molar-refractivity contribution is 5.96. The molecule has 0 aromatic carbocycles. The van der Waals surface area contributed by atoms with Crippen LogP contribution in [0.15, 0.2) is 12.1 Å². The highest BCUT2D eigenvalue weighted by atomic mass is 16.5. The van der Waals surface area contributed by atoms with Gasteiger partial charge in [0.1, 0.15) is 6.10 Å². The largest absolute Gasteiger partial charge is 0.480 e. The molecule has 2 aromatic heterocycles. The van der Waals surface area contributed by atoms with Gasteiger partial charge in [0.2, 0.25) is 11.8 Å². The fourth-order valence-electron chi connectivity index (χ4n) is 2.89. The van der Waals surface area contributed by atoms with Crippen LogP contribution in [-0.2, 0) is 0 Å². The fraction of sp³-hybridized carbons (Fsp3) is 0.500. The van der Waals surface area contributed by atoms with E-state index in [4.69, 9.17) is 9.47 Å². The third-order valence-electron chi connectivity index (χ3n) is 4.12. The first kappa shape index (κ1) is 16.2. The first-order valence-corrected chi connectivity index (χ1v) is 7.93. The van der Waals surface area contributed by atoms with Crippen molar-refractivity contribution < 1.29 is 14.3 Å². The summed E-state index contributed by atoms with van der Waals surface area (Å²) in [7, 11) is 1.54. The molecule has 0 aliphatic carbocycles. The molecule has 0 radical (unpaired) electrons. The Labute approximate surface area is 140 Å². The van der Waals surface area contributed by atoms with Crippen LogP contribution in [0.2, 0.25) is 0 Å². The van der Waals surface area contributed by atoms with Crippen LogP contribution >= 0.6 is 0 Å². The number of ether oxygens (including phenoxy) is 2. The van der Waals surface area contributed by atoms with E-state index in [-0.39, 0.29) is 12.0 Å². The number of aromatic amines is 1. The maximum atomic E-state index is 12.7. The predicted octanol–water partition coefficient (Wildman–Crippen LogP) is 1.51. The summed E-state index contributed by atoms with van der Waals surface area (Å²) in [5.74, 6) is 0.868. The summed E-state index contributed by atoms with van der Waals surface area (Å²) in [6.07, 6.45) is 1.66. The molecule has 1 fully saturated rings. The fourth-order valence-corrected chi connectivity index (χ4v) is 2.89. The number of rotatable bonds is 4. The Morgan fingerprint density at radius 3 is 2.67 bits per heavy atom. The van der Waals surface area contributed by atoms with Crippen LogP contribution in [0.4, 0.5) is 0 Å². The lowest BCUT2D eigenvalue weighted by atomic mass is 10.1. The molecule has 1 unspecified atom stereocenters. The number of amides is 1. The van der Waals surface area contributed by atoms with Crippen LogP contribution in [0.5, 0.6) is 11.8 Å². The lowest BCUT2D eigenvalue weighted by molar-refractivity contribution is 0.0524. The number of hydrogen-bond donors (Lipinski definition) is 1. The van der Waals surface area contributed by atoms with Crippen LogP contribution in [0.1, 0.15) is 34.6 Å². The first-order chi connectivity index (χ1) is 11.6. The second kappa shape index (κ2) is 6.86. The molecule has 0 spiro atoms. The summed E-state index contributed by atoms with van der Waals surface area (Å²) in [6.45, 7) is 4.94. The molecule has 24 heavy (non-hydrogen) atoms. The number of nitrogens with one attached hydrogen (secondary N) is 1. The summed E-state index contributed by atoms with van der Waals surface area (Å²) in [5, 5.41) is 14.8. The molecule has 0 saturated carbocycles. The summed E-state index contributed by atoms with van der Waals surface area (Å²) >= 11 is 0. The van der Waals surface area contributed by atoms with Gasteiger partial charge in [0.05, 0.1) is 24.9 Å². The molecule has 1 aliphatic rings. The average molecular weight is 331 g/mol. The van der Waals surface area contributed by atoms with Crippen molar-refractivity contribution >= 4 is 5.91 Å². The zero-order valence-corrected chi connectivity index (χ0v) is 14.1. The zero-order chi connectivity index (χ0) is 17.1. The standard InChI is InChI=1S/C16H21N5O3/c1-10-15(11(2)18-17-10)16(22)21-8-4-5-12(9-21)24-14-7-6-13(23-3)19-20-14/h6-7,12H,4-5,8-9H2,1-3H3,(H,17,18). The second-order valence-electron chi connectivity index (χ2n) is 5.86. The summed E-state index contributed by atoms with van der Waals surface area (Å²) in [6, 6.07) is 3.42. The Morgan fingerprint density at radius 1 is 1.29 bits per heavy atom. The summed E-state index contributed by atoms with van der Waals surface area (Å²) in [5.41, 5.74) is 2.17. The molecule has 8 nitrogen and oxygen atoms in total. The molecule has 1 N–H and O–H groups in total. The Morgan fingerprint density at radius 2 is 2.04 bits per heavy atom.